The first-order valence-electron chi connectivity index (χ1n) is 8.22. The molecule has 27 heavy (non-hydrogen) atoms. The van der Waals surface area contributed by atoms with Gasteiger partial charge < -0.3 is 24.8 Å². The van der Waals surface area contributed by atoms with E-state index in [1.54, 1.807) is 36.4 Å². The first-order valence-corrected chi connectivity index (χ1v) is 8.22. The topological polar surface area (TPSA) is 85.9 Å². The minimum absolute atomic E-state index is 0.178. The first kappa shape index (κ1) is 18.3. The van der Waals surface area contributed by atoms with Crippen LogP contribution in [0.5, 0.6) is 17.2 Å². The van der Waals surface area contributed by atoms with Gasteiger partial charge in [-0.1, -0.05) is 0 Å². The molecule has 0 unspecified atom stereocenters. The largest absolute Gasteiger partial charge is 0.493 e. The molecule has 0 fully saturated rings. The van der Waals surface area contributed by atoms with Crippen LogP contribution in [0.25, 0.3) is 11.6 Å². The number of carbonyl (C=O) groups excluding carboxylic acids is 2. The summed E-state index contributed by atoms with van der Waals surface area (Å²) in [5.41, 5.74) is 3.21. The summed E-state index contributed by atoms with van der Waals surface area (Å²) in [7, 11) is 4.60. The van der Waals surface area contributed by atoms with E-state index in [0.29, 0.717) is 45.3 Å². The fourth-order valence-electron chi connectivity index (χ4n) is 2.96. The van der Waals surface area contributed by atoms with E-state index >= 15 is 0 Å². The van der Waals surface area contributed by atoms with E-state index in [0.717, 1.165) is 0 Å². The molecule has 1 aliphatic rings. The van der Waals surface area contributed by atoms with Crippen molar-refractivity contribution in [1.82, 2.24) is 0 Å². The normalized spacial score (nSPS) is 13.8. The number of nitrogens with one attached hydrogen (secondary N) is 2. The second kappa shape index (κ2) is 7.41. The van der Waals surface area contributed by atoms with Crippen LogP contribution in [0.2, 0.25) is 0 Å². The molecular formula is C20H20N2O5. The van der Waals surface area contributed by atoms with Crippen molar-refractivity contribution in [2.24, 2.45) is 0 Å². The van der Waals surface area contributed by atoms with Crippen LogP contribution >= 0.6 is 0 Å². The lowest BCUT2D eigenvalue weighted by Gasteiger charge is -2.13. The van der Waals surface area contributed by atoms with Gasteiger partial charge in [-0.15, -0.1) is 0 Å². The van der Waals surface area contributed by atoms with Gasteiger partial charge in [0.2, 0.25) is 11.7 Å². The van der Waals surface area contributed by atoms with Crippen LogP contribution < -0.4 is 24.8 Å². The summed E-state index contributed by atoms with van der Waals surface area (Å²) in [4.78, 5) is 23.8. The molecule has 2 N–H and O–H groups in total. The number of methoxy groups -OCH3 is 3. The number of anilines is 2. The van der Waals surface area contributed by atoms with Crippen molar-refractivity contribution in [2.75, 3.05) is 32.0 Å². The van der Waals surface area contributed by atoms with Gasteiger partial charge >= 0.3 is 0 Å². The number of ether oxygens (including phenoxy) is 3. The van der Waals surface area contributed by atoms with Crippen molar-refractivity contribution in [1.29, 1.82) is 0 Å². The highest BCUT2D eigenvalue weighted by atomic mass is 16.5. The molecule has 3 rings (SSSR count). The minimum atomic E-state index is -0.223. The van der Waals surface area contributed by atoms with Gasteiger partial charge in [0.1, 0.15) is 0 Å². The van der Waals surface area contributed by atoms with Crippen LogP contribution in [0.4, 0.5) is 11.4 Å². The Hall–Kier alpha value is -3.48. The Balaban J connectivity index is 2.08. The van der Waals surface area contributed by atoms with Crippen molar-refractivity contribution < 1.29 is 23.8 Å². The molecule has 1 heterocycles. The Bertz CT molecular complexity index is 924. The summed E-state index contributed by atoms with van der Waals surface area (Å²) in [6.45, 7) is 1.43. The lowest BCUT2D eigenvalue weighted by molar-refractivity contribution is -0.114. The molecule has 1 aliphatic heterocycles. The maximum atomic E-state index is 12.4. The zero-order valence-corrected chi connectivity index (χ0v) is 15.5. The van der Waals surface area contributed by atoms with E-state index in [1.807, 2.05) is 0 Å². The summed E-state index contributed by atoms with van der Waals surface area (Å²) in [5.74, 6) is 1.07. The van der Waals surface area contributed by atoms with Gasteiger partial charge in [-0.25, -0.2) is 0 Å². The van der Waals surface area contributed by atoms with Crippen LogP contribution in [0.15, 0.2) is 30.3 Å². The minimum Gasteiger partial charge on any atom is -0.493 e. The van der Waals surface area contributed by atoms with E-state index in [4.69, 9.17) is 14.2 Å². The number of rotatable bonds is 5. The van der Waals surface area contributed by atoms with Crippen LogP contribution in [0.1, 0.15) is 18.1 Å². The van der Waals surface area contributed by atoms with Crippen LogP contribution in [-0.4, -0.2) is 33.1 Å². The number of hydrogen-bond acceptors (Lipinski definition) is 5. The fraction of sp³-hybridized carbons (Fsp3) is 0.200. The predicted octanol–water partition coefficient (Wildman–Crippen LogP) is 3.16. The number of amides is 2. The van der Waals surface area contributed by atoms with Gasteiger partial charge in [0.05, 0.1) is 21.3 Å². The third-order valence-corrected chi connectivity index (χ3v) is 4.12. The average molecular weight is 368 g/mol. The summed E-state index contributed by atoms with van der Waals surface area (Å²) in [6.07, 6.45) is 1.74. The van der Waals surface area contributed by atoms with E-state index in [-0.39, 0.29) is 11.8 Å². The molecule has 0 radical (unpaired) electrons. The van der Waals surface area contributed by atoms with Gasteiger partial charge in [-0.3, -0.25) is 9.59 Å². The standard InChI is InChI=1S/C20H20N2O5/c1-11(23)21-13-5-6-16-14(10-13)15(20(24)22-16)7-12-8-17(25-2)19(27-4)18(9-12)26-3/h5-10H,1-4H3,(H,21,23)(H,22,24)/b15-7-. The monoisotopic (exact) mass is 368 g/mol. The molecular weight excluding hydrogens is 348 g/mol. The quantitative estimate of drug-likeness (QED) is 0.792. The van der Waals surface area contributed by atoms with Crippen molar-refractivity contribution in [3.05, 3.63) is 41.5 Å². The molecule has 2 amide bonds. The zero-order valence-electron chi connectivity index (χ0n) is 15.5. The molecule has 2 aromatic carbocycles. The Labute approximate surface area is 156 Å². The van der Waals surface area contributed by atoms with Gasteiger partial charge in [0, 0.05) is 29.4 Å². The molecule has 0 atom stereocenters. The highest BCUT2D eigenvalue weighted by Crippen LogP contribution is 2.40. The second-order valence-corrected chi connectivity index (χ2v) is 5.91. The molecule has 2 aromatic rings. The second-order valence-electron chi connectivity index (χ2n) is 5.91. The predicted molar refractivity (Wildman–Crippen MR) is 103 cm³/mol. The van der Waals surface area contributed by atoms with Gasteiger partial charge in [-0.2, -0.15) is 0 Å². The average Bonchev–Trinajstić information content (AvgIpc) is 2.95. The Kier molecular flexibility index (Phi) is 5.03. The number of carbonyl (C=O) groups is 2. The molecule has 140 valence electrons. The summed E-state index contributed by atoms with van der Waals surface area (Å²) in [5, 5.41) is 5.54. The van der Waals surface area contributed by atoms with Crippen molar-refractivity contribution in [3.63, 3.8) is 0 Å². The molecule has 0 saturated heterocycles. The summed E-state index contributed by atoms with van der Waals surface area (Å²) in [6, 6.07) is 8.78. The molecule has 0 spiro atoms. The number of hydrogen-bond donors (Lipinski definition) is 2. The molecule has 0 aromatic heterocycles. The SMILES string of the molecule is COc1cc(/C=C2\C(=O)Nc3ccc(NC(C)=O)cc32)cc(OC)c1OC. The Morgan fingerprint density at radius 1 is 1.04 bits per heavy atom. The lowest BCUT2D eigenvalue weighted by Crippen LogP contribution is -2.05. The van der Waals surface area contributed by atoms with Gasteiger partial charge in [-0.05, 0) is 42.0 Å². The van der Waals surface area contributed by atoms with Crippen LogP contribution in [0.3, 0.4) is 0 Å². The van der Waals surface area contributed by atoms with Crippen molar-refractivity contribution >= 4 is 34.8 Å². The zero-order chi connectivity index (χ0) is 19.6. The number of fused-ring (bicyclic) bond motifs is 1. The van der Waals surface area contributed by atoms with E-state index < -0.39 is 0 Å². The Morgan fingerprint density at radius 2 is 1.70 bits per heavy atom. The van der Waals surface area contributed by atoms with E-state index in [9.17, 15) is 9.59 Å². The van der Waals surface area contributed by atoms with E-state index in [2.05, 4.69) is 10.6 Å². The first-order chi connectivity index (χ1) is 13.0. The smallest absolute Gasteiger partial charge is 0.256 e. The number of benzene rings is 2. The third-order valence-electron chi connectivity index (χ3n) is 4.12. The molecule has 7 heteroatoms. The summed E-state index contributed by atoms with van der Waals surface area (Å²) >= 11 is 0. The highest BCUT2D eigenvalue weighted by molar-refractivity contribution is 6.35. The fourth-order valence-corrected chi connectivity index (χ4v) is 2.96. The van der Waals surface area contributed by atoms with Crippen molar-refractivity contribution in [2.45, 2.75) is 6.92 Å². The summed E-state index contributed by atoms with van der Waals surface area (Å²) < 4.78 is 16.0. The third kappa shape index (κ3) is 3.57. The maximum absolute atomic E-state index is 12.4. The molecule has 0 saturated carbocycles. The Morgan fingerprint density at radius 3 is 2.26 bits per heavy atom. The molecule has 7 nitrogen and oxygen atoms in total. The maximum Gasteiger partial charge on any atom is 0.256 e. The highest BCUT2D eigenvalue weighted by Gasteiger charge is 2.25. The molecule has 0 bridgehead atoms. The van der Waals surface area contributed by atoms with Crippen LogP contribution in [-0.2, 0) is 9.59 Å². The molecule has 0 aliphatic carbocycles. The lowest BCUT2D eigenvalue weighted by atomic mass is 10.0. The van der Waals surface area contributed by atoms with Gasteiger partial charge in [0.25, 0.3) is 5.91 Å². The van der Waals surface area contributed by atoms with Gasteiger partial charge in [0.15, 0.2) is 11.5 Å². The van der Waals surface area contributed by atoms with E-state index in [1.165, 1.54) is 28.3 Å². The van der Waals surface area contributed by atoms with Crippen molar-refractivity contribution in [3.8, 4) is 17.2 Å². The van der Waals surface area contributed by atoms with Crippen LogP contribution in [0, 0.1) is 0 Å².